The maximum Gasteiger partial charge on any atom is 0.212 e. The summed E-state index contributed by atoms with van der Waals surface area (Å²) in [6, 6.07) is 20.1. The molecule has 0 aromatic heterocycles. The summed E-state index contributed by atoms with van der Waals surface area (Å²) in [6.45, 7) is -0.894. The molecule has 0 fully saturated rings. The van der Waals surface area contributed by atoms with E-state index in [0.29, 0.717) is 5.75 Å². The summed E-state index contributed by atoms with van der Waals surface area (Å²) in [6.07, 6.45) is 0. The van der Waals surface area contributed by atoms with Gasteiger partial charge in [0.1, 0.15) is 5.75 Å². The number of ether oxygens (including phenoxy) is 1. The zero-order valence-electron chi connectivity index (χ0n) is 17.1. The van der Waals surface area contributed by atoms with Crippen LogP contribution in [0.3, 0.4) is 0 Å². The Morgan fingerprint density at radius 2 is 1.22 bits per heavy atom. The highest BCUT2D eigenvalue weighted by molar-refractivity contribution is 8.09. The van der Waals surface area contributed by atoms with E-state index in [9.17, 15) is 26.9 Å². The van der Waals surface area contributed by atoms with E-state index in [2.05, 4.69) is 0 Å². The lowest BCUT2D eigenvalue weighted by Crippen LogP contribution is -2.39. The molecule has 0 aliphatic heterocycles. The van der Waals surface area contributed by atoms with E-state index in [4.69, 9.17) is 4.74 Å². The van der Waals surface area contributed by atoms with Crippen LogP contribution in [0.25, 0.3) is 0 Å². The highest BCUT2D eigenvalue weighted by Crippen LogP contribution is 2.36. The van der Waals surface area contributed by atoms with Crippen molar-refractivity contribution in [3.05, 3.63) is 101 Å². The summed E-state index contributed by atoms with van der Waals surface area (Å²) < 4.78 is 57.6. The minimum Gasteiger partial charge on any atom is -0.497 e. The fourth-order valence-corrected chi connectivity index (χ4v) is 8.41. The number of nitrogens with zero attached hydrogens (tertiary/aromatic N) is 1. The second-order valence-corrected chi connectivity index (χ2v) is 11.4. The van der Waals surface area contributed by atoms with Crippen molar-refractivity contribution in [1.82, 2.24) is 0 Å². The number of hydrogen-bond acceptors (Lipinski definition) is 7. The van der Waals surface area contributed by atoms with Gasteiger partial charge in [0.05, 0.1) is 22.8 Å². The SMILES string of the molecule is COc1ccc(C(C[N+](=O)[O-])C(S(=O)(=O)c2ccccc2)S(=O)(=O)c2ccccc2)cc1. The minimum atomic E-state index is -4.54. The monoisotopic (exact) mass is 475 g/mol. The summed E-state index contributed by atoms with van der Waals surface area (Å²) in [4.78, 5) is 10.4. The first-order chi connectivity index (χ1) is 15.2. The summed E-state index contributed by atoms with van der Waals surface area (Å²) >= 11 is 0. The normalized spacial score (nSPS) is 12.9. The van der Waals surface area contributed by atoms with Crippen molar-refractivity contribution in [2.45, 2.75) is 20.3 Å². The zero-order valence-corrected chi connectivity index (χ0v) is 18.7. The van der Waals surface area contributed by atoms with Crippen molar-refractivity contribution >= 4 is 19.7 Å². The molecule has 10 heteroatoms. The molecule has 0 saturated carbocycles. The van der Waals surface area contributed by atoms with E-state index in [0.717, 1.165) is 0 Å². The van der Waals surface area contributed by atoms with Gasteiger partial charge in [-0.2, -0.15) is 0 Å². The summed E-state index contributed by atoms with van der Waals surface area (Å²) in [5.74, 6) is -1.02. The van der Waals surface area contributed by atoms with Gasteiger partial charge in [-0.05, 0) is 42.0 Å². The van der Waals surface area contributed by atoms with Gasteiger partial charge in [-0.25, -0.2) is 16.8 Å². The molecule has 0 heterocycles. The number of nitro groups is 1. The van der Waals surface area contributed by atoms with Crippen LogP contribution in [0.4, 0.5) is 0 Å². The maximum atomic E-state index is 13.6. The van der Waals surface area contributed by atoms with Crippen molar-refractivity contribution in [3.63, 3.8) is 0 Å². The number of sulfone groups is 2. The van der Waals surface area contributed by atoms with E-state index < -0.39 is 41.6 Å². The van der Waals surface area contributed by atoms with Crippen molar-refractivity contribution in [1.29, 1.82) is 0 Å². The number of benzene rings is 3. The van der Waals surface area contributed by atoms with Gasteiger partial charge in [0.2, 0.25) is 6.54 Å². The molecular formula is C22H21NO7S2. The van der Waals surface area contributed by atoms with Gasteiger partial charge >= 0.3 is 0 Å². The Morgan fingerprint density at radius 1 is 0.781 bits per heavy atom. The zero-order chi connectivity index (χ0) is 23.4. The smallest absolute Gasteiger partial charge is 0.212 e. The Morgan fingerprint density at radius 3 is 1.59 bits per heavy atom. The molecule has 0 saturated heterocycles. The Kier molecular flexibility index (Phi) is 6.95. The lowest BCUT2D eigenvalue weighted by Gasteiger charge is -2.25. The molecule has 1 atom stereocenters. The summed E-state index contributed by atoms with van der Waals surface area (Å²) in [5.41, 5.74) is 0.200. The lowest BCUT2D eigenvalue weighted by molar-refractivity contribution is -0.482. The Labute approximate surface area is 186 Å². The van der Waals surface area contributed by atoms with Gasteiger partial charge in [-0.3, -0.25) is 10.1 Å². The number of methoxy groups -OCH3 is 1. The van der Waals surface area contributed by atoms with Gasteiger partial charge in [0.15, 0.2) is 24.3 Å². The van der Waals surface area contributed by atoms with E-state index in [-0.39, 0.29) is 15.4 Å². The molecule has 3 rings (SSSR count). The molecule has 32 heavy (non-hydrogen) atoms. The molecular weight excluding hydrogens is 454 g/mol. The van der Waals surface area contributed by atoms with Crippen molar-refractivity contribution in [3.8, 4) is 5.75 Å². The Hall–Kier alpha value is -3.24. The van der Waals surface area contributed by atoms with Gasteiger partial charge < -0.3 is 4.74 Å². The predicted octanol–water partition coefficient (Wildman–Crippen LogP) is 3.33. The van der Waals surface area contributed by atoms with Crippen LogP contribution in [0.1, 0.15) is 11.5 Å². The van der Waals surface area contributed by atoms with Crippen LogP contribution < -0.4 is 4.74 Å². The third-order valence-corrected chi connectivity index (χ3v) is 10.2. The Balaban J connectivity index is 2.28. The minimum absolute atomic E-state index is 0.200. The molecule has 0 aliphatic carbocycles. The number of hydrogen-bond donors (Lipinski definition) is 0. The topological polar surface area (TPSA) is 121 Å². The maximum absolute atomic E-state index is 13.6. The fraction of sp³-hybridized carbons (Fsp3) is 0.182. The molecule has 0 bridgehead atoms. The molecule has 0 amide bonds. The quantitative estimate of drug-likeness (QED) is 0.344. The number of rotatable bonds is 9. The molecule has 8 nitrogen and oxygen atoms in total. The molecule has 3 aromatic rings. The molecule has 0 radical (unpaired) electrons. The van der Waals surface area contributed by atoms with E-state index in [1.54, 1.807) is 12.1 Å². The van der Waals surface area contributed by atoms with Crippen molar-refractivity contribution in [2.75, 3.05) is 13.7 Å². The van der Waals surface area contributed by atoms with Gasteiger partial charge in [0.25, 0.3) is 0 Å². The third kappa shape index (κ3) is 4.81. The lowest BCUT2D eigenvalue weighted by atomic mass is 10.0. The molecule has 0 spiro atoms. The van der Waals surface area contributed by atoms with Gasteiger partial charge in [-0.1, -0.05) is 48.5 Å². The van der Waals surface area contributed by atoms with E-state index >= 15 is 0 Å². The predicted molar refractivity (Wildman–Crippen MR) is 119 cm³/mol. The largest absolute Gasteiger partial charge is 0.497 e. The van der Waals surface area contributed by atoms with Crippen LogP contribution >= 0.6 is 0 Å². The van der Waals surface area contributed by atoms with Crippen molar-refractivity contribution in [2.24, 2.45) is 0 Å². The second-order valence-electron chi connectivity index (χ2n) is 6.98. The Bertz CT molecular complexity index is 1210. The second kappa shape index (κ2) is 9.49. The standard InChI is InChI=1S/C22H21NO7S2/c1-30-18-14-12-17(13-15-18)21(16-23(24)25)22(31(26,27)19-8-4-2-5-9-19)32(28,29)20-10-6-3-7-11-20/h2-15,21-22H,16H2,1H3. The van der Waals surface area contributed by atoms with Gasteiger partial charge in [0, 0.05) is 4.92 Å². The molecule has 0 aliphatic rings. The fourth-order valence-electron chi connectivity index (χ4n) is 3.45. The summed E-state index contributed by atoms with van der Waals surface area (Å²) in [7, 11) is -7.64. The van der Waals surface area contributed by atoms with Crippen LogP contribution in [-0.2, 0) is 19.7 Å². The molecule has 1 unspecified atom stereocenters. The average Bonchev–Trinajstić information content (AvgIpc) is 2.79. The first-order valence-electron chi connectivity index (χ1n) is 9.51. The van der Waals surface area contributed by atoms with Gasteiger partial charge in [-0.15, -0.1) is 0 Å². The van der Waals surface area contributed by atoms with Crippen LogP contribution in [0.15, 0.2) is 94.7 Å². The van der Waals surface area contributed by atoms with E-state index in [1.165, 1.54) is 79.9 Å². The first-order valence-corrected chi connectivity index (χ1v) is 12.6. The molecule has 168 valence electrons. The first kappa shape index (κ1) is 23.4. The van der Waals surface area contributed by atoms with Crippen LogP contribution in [0, 0.1) is 10.1 Å². The third-order valence-electron chi connectivity index (χ3n) is 4.97. The van der Waals surface area contributed by atoms with Crippen molar-refractivity contribution < 1.29 is 26.5 Å². The average molecular weight is 476 g/mol. The molecule has 3 aromatic carbocycles. The van der Waals surface area contributed by atoms with Crippen LogP contribution in [0.5, 0.6) is 5.75 Å². The van der Waals surface area contributed by atoms with E-state index in [1.807, 2.05) is 0 Å². The summed E-state index contributed by atoms with van der Waals surface area (Å²) in [5, 5.41) is 11.5. The highest BCUT2D eigenvalue weighted by atomic mass is 32.3. The van der Waals surface area contributed by atoms with Crippen LogP contribution in [-0.4, -0.2) is 40.0 Å². The molecule has 0 N–H and O–H groups in total. The highest BCUT2D eigenvalue weighted by Gasteiger charge is 2.48. The van der Waals surface area contributed by atoms with Crippen LogP contribution in [0.2, 0.25) is 0 Å².